The molecule has 4 rings (SSSR count). The molecular formula is C27H22F6. The van der Waals surface area contributed by atoms with Gasteiger partial charge >= 0.3 is 12.4 Å². The third kappa shape index (κ3) is 3.30. The molecule has 0 aromatic heterocycles. The van der Waals surface area contributed by atoms with Crippen molar-refractivity contribution in [3.8, 4) is 0 Å². The Morgan fingerprint density at radius 1 is 0.545 bits per heavy atom. The van der Waals surface area contributed by atoms with Gasteiger partial charge < -0.3 is 0 Å². The summed E-state index contributed by atoms with van der Waals surface area (Å²) in [5.41, 5.74) is -3.43. The van der Waals surface area contributed by atoms with E-state index in [-0.39, 0.29) is 5.39 Å². The van der Waals surface area contributed by atoms with Gasteiger partial charge in [-0.15, -0.1) is 0 Å². The van der Waals surface area contributed by atoms with Crippen molar-refractivity contribution in [2.45, 2.75) is 45.5 Å². The van der Waals surface area contributed by atoms with Crippen LogP contribution < -0.4 is 0 Å². The Morgan fingerprint density at radius 3 is 1.70 bits per heavy atom. The fraction of sp³-hybridized carbons (Fsp3) is 0.259. The molecule has 0 radical (unpaired) electrons. The van der Waals surface area contributed by atoms with Crippen LogP contribution in [0.2, 0.25) is 0 Å². The average Bonchev–Trinajstić information content (AvgIpc) is 2.68. The van der Waals surface area contributed by atoms with E-state index in [1.165, 1.54) is 18.2 Å². The third-order valence-corrected chi connectivity index (χ3v) is 6.53. The van der Waals surface area contributed by atoms with Crippen molar-refractivity contribution in [1.29, 1.82) is 0 Å². The molecule has 6 heteroatoms. The molecular weight excluding hydrogens is 438 g/mol. The highest BCUT2D eigenvalue weighted by Gasteiger charge is 2.73. The van der Waals surface area contributed by atoms with E-state index in [1.54, 1.807) is 52.0 Å². The summed E-state index contributed by atoms with van der Waals surface area (Å²) < 4.78 is 89.2. The zero-order chi connectivity index (χ0) is 24.3. The topological polar surface area (TPSA) is 0 Å². The lowest BCUT2D eigenvalue weighted by atomic mass is 9.70. The first-order chi connectivity index (χ1) is 15.3. The van der Waals surface area contributed by atoms with Gasteiger partial charge in [0.25, 0.3) is 0 Å². The van der Waals surface area contributed by atoms with E-state index in [2.05, 4.69) is 0 Å². The van der Waals surface area contributed by atoms with Gasteiger partial charge in [0, 0.05) is 0 Å². The first kappa shape index (κ1) is 23.1. The molecule has 0 aliphatic rings. The highest BCUT2D eigenvalue weighted by Crippen LogP contribution is 2.58. The van der Waals surface area contributed by atoms with Gasteiger partial charge in [-0.2, -0.15) is 26.3 Å². The predicted molar refractivity (Wildman–Crippen MR) is 120 cm³/mol. The van der Waals surface area contributed by atoms with Crippen LogP contribution in [0.3, 0.4) is 0 Å². The summed E-state index contributed by atoms with van der Waals surface area (Å²) in [4.78, 5) is 0. The van der Waals surface area contributed by atoms with E-state index >= 15 is 0 Å². The Hall–Kier alpha value is -3.02. The van der Waals surface area contributed by atoms with E-state index in [1.807, 2.05) is 0 Å². The average molecular weight is 460 g/mol. The van der Waals surface area contributed by atoms with Crippen LogP contribution in [0, 0.1) is 27.7 Å². The standard InChI is InChI=1S/C27H22F6/c1-15-7-5-9-19-14-20(13-18(4)23(15)19)25(26(28,29)30,27(31,32)33)22-12-11-17(3)24-16(2)8-6-10-21(22)24/h5-14H,1-4H3. The maximum Gasteiger partial charge on any atom is 0.411 e. The van der Waals surface area contributed by atoms with Crippen molar-refractivity contribution in [2.24, 2.45) is 0 Å². The molecule has 0 aliphatic carbocycles. The Balaban J connectivity index is 2.25. The van der Waals surface area contributed by atoms with Crippen LogP contribution in [-0.2, 0) is 5.41 Å². The minimum atomic E-state index is -5.64. The second-order valence-corrected chi connectivity index (χ2v) is 8.64. The molecule has 0 saturated heterocycles. The second kappa shape index (κ2) is 7.51. The Labute approximate surface area is 187 Å². The largest absolute Gasteiger partial charge is 0.411 e. The van der Waals surface area contributed by atoms with Crippen molar-refractivity contribution in [1.82, 2.24) is 0 Å². The number of hydrogen-bond donors (Lipinski definition) is 0. The molecule has 0 bridgehead atoms. The Bertz CT molecular complexity index is 1350. The van der Waals surface area contributed by atoms with E-state index in [4.69, 9.17) is 0 Å². The van der Waals surface area contributed by atoms with Crippen molar-refractivity contribution in [3.05, 3.63) is 94.0 Å². The van der Waals surface area contributed by atoms with Gasteiger partial charge in [-0.05, 0) is 88.7 Å². The molecule has 0 nitrogen and oxygen atoms in total. The van der Waals surface area contributed by atoms with E-state index in [0.717, 1.165) is 23.8 Å². The van der Waals surface area contributed by atoms with Gasteiger partial charge in [-0.25, -0.2) is 0 Å². The highest BCUT2D eigenvalue weighted by atomic mass is 19.4. The smallest absolute Gasteiger partial charge is 0.169 e. The molecule has 4 aromatic rings. The predicted octanol–water partition coefficient (Wildman–Crippen LogP) is 8.64. The van der Waals surface area contributed by atoms with Gasteiger partial charge in [0.05, 0.1) is 0 Å². The molecule has 33 heavy (non-hydrogen) atoms. The van der Waals surface area contributed by atoms with E-state index < -0.39 is 28.9 Å². The van der Waals surface area contributed by atoms with Gasteiger partial charge in [0.2, 0.25) is 5.41 Å². The molecule has 0 spiro atoms. The monoisotopic (exact) mass is 460 g/mol. The molecule has 4 aromatic carbocycles. The maximum atomic E-state index is 14.9. The molecule has 0 N–H and O–H groups in total. The fourth-order valence-corrected chi connectivity index (χ4v) is 5.15. The van der Waals surface area contributed by atoms with Gasteiger partial charge in [0.1, 0.15) is 0 Å². The summed E-state index contributed by atoms with van der Waals surface area (Å²) in [7, 11) is 0. The first-order valence-electron chi connectivity index (χ1n) is 10.4. The number of benzene rings is 4. The van der Waals surface area contributed by atoms with E-state index in [9.17, 15) is 26.3 Å². The summed E-state index contributed by atoms with van der Waals surface area (Å²) in [5, 5.41) is 1.35. The number of hydrogen-bond acceptors (Lipinski definition) is 0. The van der Waals surface area contributed by atoms with Crippen LogP contribution >= 0.6 is 0 Å². The summed E-state index contributed by atoms with van der Waals surface area (Å²) in [6, 6.07) is 13.9. The number of fused-ring (bicyclic) bond motifs is 2. The number of aryl methyl sites for hydroxylation is 4. The minimum absolute atomic E-state index is 0.0494. The van der Waals surface area contributed by atoms with Crippen LogP contribution in [0.1, 0.15) is 33.4 Å². The molecule has 172 valence electrons. The van der Waals surface area contributed by atoms with Crippen molar-refractivity contribution in [3.63, 3.8) is 0 Å². The Morgan fingerprint density at radius 2 is 1.09 bits per heavy atom. The Kier molecular flexibility index (Phi) is 5.26. The molecule has 0 atom stereocenters. The molecule has 0 fully saturated rings. The lowest BCUT2D eigenvalue weighted by molar-refractivity contribution is -0.288. The summed E-state index contributed by atoms with van der Waals surface area (Å²) in [6.07, 6.45) is -11.3. The minimum Gasteiger partial charge on any atom is -0.169 e. The van der Waals surface area contributed by atoms with Gasteiger partial charge in [-0.1, -0.05) is 54.6 Å². The number of halogens is 6. The third-order valence-electron chi connectivity index (χ3n) is 6.53. The molecule has 0 saturated carbocycles. The van der Waals surface area contributed by atoms with Crippen LogP contribution in [0.4, 0.5) is 26.3 Å². The van der Waals surface area contributed by atoms with Crippen LogP contribution in [0.15, 0.2) is 60.7 Å². The number of rotatable bonds is 2. The van der Waals surface area contributed by atoms with Crippen molar-refractivity contribution < 1.29 is 26.3 Å². The quantitative estimate of drug-likeness (QED) is 0.263. The zero-order valence-corrected chi connectivity index (χ0v) is 18.5. The SMILES string of the molecule is Cc1cccc2cc(C(c3ccc(C)c4c(C)cccc34)(C(F)(F)F)C(F)(F)F)cc(C)c12. The second-order valence-electron chi connectivity index (χ2n) is 8.64. The highest BCUT2D eigenvalue weighted by molar-refractivity contribution is 5.94. The van der Waals surface area contributed by atoms with Crippen molar-refractivity contribution in [2.75, 3.05) is 0 Å². The fourth-order valence-electron chi connectivity index (χ4n) is 5.15. The summed E-state index contributed by atoms with van der Waals surface area (Å²) in [5.74, 6) is 0. The normalized spacial score (nSPS) is 13.2. The van der Waals surface area contributed by atoms with Gasteiger partial charge in [0.15, 0.2) is 0 Å². The summed E-state index contributed by atoms with van der Waals surface area (Å²) in [6.45, 7) is 6.70. The van der Waals surface area contributed by atoms with Crippen LogP contribution in [0.25, 0.3) is 21.5 Å². The lowest BCUT2D eigenvalue weighted by Crippen LogP contribution is -2.55. The van der Waals surface area contributed by atoms with Crippen LogP contribution in [0.5, 0.6) is 0 Å². The van der Waals surface area contributed by atoms with Crippen molar-refractivity contribution >= 4 is 21.5 Å². The number of alkyl halides is 6. The molecule has 0 aliphatic heterocycles. The van der Waals surface area contributed by atoms with Crippen LogP contribution in [-0.4, -0.2) is 12.4 Å². The molecule has 0 heterocycles. The zero-order valence-electron chi connectivity index (χ0n) is 18.5. The molecule has 0 unspecified atom stereocenters. The van der Waals surface area contributed by atoms with Gasteiger partial charge in [-0.3, -0.25) is 0 Å². The first-order valence-corrected chi connectivity index (χ1v) is 10.4. The molecule has 0 amide bonds. The lowest BCUT2D eigenvalue weighted by Gasteiger charge is -2.39. The van der Waals surface area contributed by atoms with E-state index in [0.29, 0.717) is 32.8 Å². The summed E-state index contributed by atoms with van der Waals surface area (Å²) >= 11 is 0. The maximum absolute atomic E-state index is 14.9.